The van der Waals surface area contributed by atoms with Gasteiger partial charge in [0.05, 0.1) is 17.4 Å². The van der Waals surface area contributed by atoms with Crippen LogP contribution < -0.4 is 10.3 Å². The average molecular weight is 367 g/mol. The van der Waals surface area contributed by atoms with Gasteiger partial charge in [0, 0.05) is 44.4 Å². The van der Waals surface area contributed by atoms with E-state index in [1.54, 1.807) is 4.90 Å². The molecule has 3 rings (SSSR count). The second-order valence-electron chi connectivity index (χ2n) is 6.44. The minimum absolute atomic E-state index is 0.0899. The second-order valence-corrected chi connectivity index (χ2v) is 6.44. The van der Waals surface area contributed by atoms with Gasteiger partial charge in [-0.15, -0.1) is 0 Å². The van der Waals surface area contributed by atoms with Crippen molar-refractivity contribution < 1.29 is 18.0 Å². The zero-order valence-corrected chi connectivity index (χ0v) is 14.5. The van der Waals surface area contributed by atoms with E-state index in [4.69, 9.17) is 0 Å². The van der Waals surface area contributed by atoms with E-state index in [0.717, 1.165) is 6.07 Å². The number of halogens is 3. The van der Waals surface area contributed by atoms with Crippen molar-refractivity contribution in [1.29, 1.82) is 0 Å². The average Bonchev–Trinajstić information content (AvgIpc) is 2.60. The van der Waals surface area contributed by atoms with Crippen LogP contribution in [-0.2, 0) is 17.8 Å². The predicted molar refractivity (Wildman–Crippen MR) is 93.6 cm³/mol. The van der Waals surface area contributed by atoms with E-state index in [0.29, 0.717) is 32.5 Å². The number of aromatic nitrogens is 1. The van der Waals surface area contributed by atoms with Crippen molar-refractivity contribution in [2.75, 3.05) is 44.8 Å². The topological polar surface area (TPSA) is 45.6 Å². The first-order chi connectivity index (χ1) is 12.5. The molecular formula is C18H20F3N3O2. The molecule has 140 valence electrons. The normalized spacial score (nSPS) is 15.6. The van der Waals surface area contributed by atoms with Crippen molar-refractivity contribution in [2.24, 2.45) is 0 Å². The minimum atomic E-state index is -0.868. The van der Waals surface area contributed by atoms with Gasteiger partial charge in [-0.25, -0.2) is 13.2 Å². The maximum Gasteiger partial charge on any atom is 0.193 e. The molecule has 0 amide bonds. The highest BCUT2D eigenvalue weighted by molar-refractivity contribution is 5.85. The fourth-order valence-corrected chi connectivity index (χ4v) is 3.36. The van der Waals surface area contributed by atoms with Gasteiger partial charge in [0.25, 0.3) is 0 Å². The van der Waals surface area contributed by atoms with Gasteiger partial charge in [-0.2, -0.15) is 0 Å². The number of hydrogen-bond acceptors (Lipinski definition) is 4. The third-order valence-electron chi connectivity index (χ3n) is 4.75. The van der Waals surface area contributed by atoms with Crippen LogP contribution in [0.5, 0.6) is 0 Å². The van der Waals surface area contributed by atoms with Crippen LogP contribution in [0.4, 0.5) is 18.9 Å². The monoisotopic (exact) mass is 367 g/mol. The summed E-state index contributed by atoms with van der Waals surface area (Å²) >= 11 is 0. The standard InChI is InChI=1S/C18H20F3N3O2/c1-22-5-7-23(8-6-22)17-14(20)10-13-16(15(17)21)24(4-3-19)11-12(2-9-25)18(13)26/h9-11H,2-8H2,1H3. The molecule has 26 heavy (non-hydrogen) atoms. The Morgan fingerprint density at radius 3 is 2.50 bits per heavy atom. The largest absolute Gasteiger partial charge is 0.364 e. The Hall–Kier alpha value is -2.35. The van der Waals surface area contributed by atoms with E-state index >= 15 is 4.39 Å². The molecule has 0 atom stereocenters. The smallest absolute Gasteiger partial charge is 0.193 e. The molecule has 0 N–H and O–H groups in total. The molecule has 8 heteroatoms. The van der Waals surface area contributed by atoms with Crippen LogP contribution >= 0.6 is 0 Å². The molecule has 0 spiro atoms. The minimum Gasteiger partial charge on any atom is -0.364 e. The van der Waals surface area contributed by atoms with Gasteiger partial charge in [-0.1, -0.05) is 0 Å². The van der Waals surface area contributed by atoms with E-state index in [9.17, 15) is 18.4 Å². The number of anilines is 1. The van der Waals surface area contributed by atoms with Crippen molar-refractivity contribution in [2.45, 2.75) is 13.0 Å². The summed E-state index contributed by atoms with van der Waals surface area (Å²) in [7, 11) is 1.93. The van der Waals surface area contributed by atoms with Crippen LogP contribution in [0.2, 0.25) is 0 Å². The van der Waals surface area contributed by atoms with E-state index in [1.165, 1.54) is 10.8 Å². The van der Waals surface area contributed by atoms with Crippen LogP contribution in [0.15, 0.2) is 17.1 Å². The molecule has 0 bridgehead atoms. The van der Waals surface area contributed by atoms with Gasteiger partial charge in [0.1, 0.15) is 24.5 Å². The number of aryl methyl sites for hydroxylation is 1. The summed E-state index contributed by atoms with van der Waals surface area (Å²) in [5, 5.41) is -0.175. The zero-order chi connectivity index (χ0) is 18.8. The third-order valence-corrected chi connectivity index (χ3v) is 4.75. The van der Waals surface area contributed by atoms with Crippen molar-refractivity contribution in [3.8, 4) is 0 Å². The van der Waals surface area contributed by atoms with Crippen LogP contribution in [-0.4, -0.2) is 55.7 Å². The molecule has 1 aromatic carbocycles. The number of piperazine rings is 1. The number of alkyl halides is 1. The number of pyridine rings is 1. The van der Waals surface area contributed by atoms with Crippen LogP contribution in [0.1, 0.15) is 5.56 Å². The van der Waals surface area contributed by atoms with Crippen LogP contribution in [0.25, 0.3) is 10.9 Å². The number of fused-ring (bicyclic) bond motifs is 1. The molecule has 2 heterocycles. The lowest BCUT2D eigenvalue weighted by Gasteiger charge is -2.34. The first-order valence-electron chi connectivity index (χ1n) is 8.45. The van der Waals surface area contributed by atoms with Gasteiger partial charge < -0.3 is 19.2 Å². The fraction of sp³-hybridized carbons (Fsp3) is 0.444. The van der Waals surface area contributed by atoms with Crippen LogP contribution in [0, 0.1) is 11.6 Å². The zero-order valence-electron chi connectivity index (χ0n) is 14.5. The van der Waals surface area contributed by atoms with Gasteiger partial charge >= 0.3 is 0 Å². The summed E-state index contributed by atoms with van der Waals surface area (Å²) in [6, 6.07) is 0.997. The SMILES string of the molecule is CN1CCN(c2c(F)cc3c(=O)c(CC=O)cn(CCF)c3c2F)CC1. The summed E-state index contributed by atoms with van der Waals surface area (Å²) in [6.07, 6.45) is 1.63. The van der Waals surface area contributed by atoms with Gasteiger partial charge in [-0.05, 0) is 13.1 Å². The quantitative estimate of drug-likeness (QED) is 0.756. The number of nitrogens with zero attached hydrogens (tertiary/aromatic N) is 3. The molecule has 1 fully saturated rings. The lowest BCUT2D eigenvalue weighted by molar-refractivity contribution is -0.107. The highest BCUT2D eigenvalue weighted by Crippen LogP contribution is 2.30. The van der Waals surface area contributed by atoms with Crippen molar-refractivity contribution in [1.82, 2.24) is 9.47 Å². The highest BCUT2D eigenvalue weighted by atomic mass is 19.1. The molecule has 1 aliphatic heterocycles. The Labute approximate surface area is 148 Å². The summed E-state index contributed by atoms with van der Waals surface area (Å²) in [6.45, 7) is 1.25. The number of hydrogen-bond donors (Lipinski definition) is 0. The fourth-order valence-electron chi connectivity index (χ4n) is 3.36. The summed E-state index contributed by atoms with van der Waals surface area (Å²) in [4.78, 5) is 26.9. The van der Waals surface area contributed by atoms with Crippen molar-refractivity contribution >= 4 is 22.9 Å². The summed E-state index contributed by atoms with van der Waals surface area (Å²) in [5.41, 5.74) is -0.838. The Kier molecular flexibility index (Phi) is 5.31. The van der Waals surface area contributed by atoms with Crippen LogP contribution in [0.3, 0.4) is 0 Å². The number of aldehydes is 1. The first-order valence-corrected chi connectivity index (χ1v) is 8.45. The lowest BCUT2D eigenvalue weighted by atomic mass is 10.1. The molecule has 0 saturated carbocycles. The lowest BCUT2D eigenvalue weighted by Crippen LogP contribution is -2.45. The molecule has 0 radical (unpaired) electrons. The van der Waals surface area contributed by atoms with E-state index in [1.807, 2.05) is 7.05 Å². The first kappa shape index (κ1) is 18.4. The number of carbonyl (C=O) groups is 1. The Bertz CT molecular complexity index is 890. The molecule has 2 aromatic rings. The molecule has 0 aliphatic carbocycles. The number of likely N-dealkylation sites (N-methyl/N-ethyl adjacent to an activating group) is 1. The van der Waals surface area contributed by atoms with E-state index in [-0.39, 0.29) is 35.1 Å². The number of benzene rings is 1. The predicted octanol–water partition coefficient (Wildman–Crippen LogP) is 1.74. The molecule has 0 unspecified atom stereocenters. The second kappa shape index (κ2) is 7.49. The molecular weight excluding hydrogens is 347 g/mol. The summed E-state index contributed by atoms with van der Waals surface area (Å²) in [5.74, 6) is -1.69. The highest BCUT2D eigenvalue weighted by Gasteiger charge is 2.25. The summed E-state index contributed by atoms with van der Waals surface area (Å²) < 4.78 is 44.1. The van der Waals surface area contributed by atoms with E-state index in [2.05, 4.69) is 4.90 Å². The van der Waals surface area contributed by atoms with Gasteiger partial charge in [0.2, 0.25) is 0 Å². The van der Waals surface area contributed by atoms with E-state index < -0.39 is 23.7 Å². The van der Waals surface area contributed by atoms with Gasteiger partial charge in [0.15, 0.2) is 11.2 Å². The Morgan fingerprint density at radius 2 is 1.88 bits per heavy atom. The number of rotatable bonds is 5. The maximum atomic E-state index is 15.2. The Morgan fingerprint density at radius 1 is 1.19 bits per heavy atom. The number of carbonyl (C=O) groups excluding carboxylic acids is 1. The third kappa shape index (κ3) is 3.21. The maximum absolute atomic E-state index is 15.2. The molecule has 1 saturated heterocycles. The Balaban J connectivity index is 2.24. The van der Waals surface area contributed by atoms with Gasteiger partial charge in [-0.3, -0.25) is 4.79 Å². The van der Waals surface area contributed by atoms with Crippen molar-refractivity contribution in [3.05, 3.63) is 39.7 Å². The molecule has 1 aromatic heterocycles. The van der Waals surface area contributed by atoms with Crippen molar-refractivity contribution in [3.63, 3.8) is 0 Å². The molecule has 5 nitrogen and oxygen atoms in total. The molecule has 1 aliphatic rings.